The average molecular weight is 376 g/mol. The molecule has 0 aliphatic carbocycles. The fraction of sp³-hybridized carbons (Fsp3) is 0.190. The molecule has 0 spiro atoms. The van der Waals surface area contributed by atoms with Gasteiger partial charge in [-0.2, -0.15) is 0 Å². The summed E-state index contributed by atoms with van der Waals surface area (Å²) in [6.07, 6.45) is 2.53. The monoisotopic (exact) mass is 376 g/mol. The second kappa shape index (κ2) is 7.96. The van der Waals surface area contributed by atoms with Gasteiger partial charge in [-0.05, 0) is 42.3 Å². The highest BCUT2D eigenvalue weighted by Crippen LogP contribution is 2.32. The van der Waals surface area contributed by atoms with Crippen molar-refractivity contribution in [2.45, 2.75) is 13.3 Å². The maximum Gasteiger partial charge on any atom is 0.274 e. The van der Waals surface area contributed by atoms with Crippen LogP contribution in [-0.4, -0.2) is 29.1 Å². The van der Waals surface area contributed by atoms with Crippen molar-refractivity contribution in [3.05, 3.63) is 66.0 Å². The second-order valence-electron chi connectivity index (χ2n) is 6.25. The van der Waals surface area contributed by atoms with Crippen molar-refractivity contribution in [1.82, 2.24) is 9.97 Å². The van der Waals surface area contributed by atoms with E-state index >= 15 is 0 Å². The van der Waals surface area contributed by atoms with E-state index in [4.69, 9.17) is 9.47 Å². The van der Waals surface area contributed by atoms with E-state index in [2.05, 4.69) is 27.5 Å². The van der Waals surface area contributed by atoms with Gasteiger partial charge in [-0.3, -0.25) is 4.79 Å². The Balaban J connectivity index is 1.46. The Bertz CT molecular complexity index is 989. The third-order valence-corrected chi connectivity index (χ3v) is 4.31. The predicted molar refractivity (Wildman–Crippen MR) is 107 cm³/mol. The molecule has 0 fully saturated rings. The Morgan fingerprint density at radius 1 is 1.00 bits per heavy atom. The molecule has 0 unspecified atom stereocenters. The first kappa shape index (κ1) is 17.8. The van der Waals surface area contributed by atoms with Crippen LogP contribution in [0.4, 0.5) is 17.3 Å². The van der Waals surface area contributed by atoms with E-state index in [-0.39, 0.29) is 11.6 Å². The van der Waals surface area contributed by atoms with Crippen LogP contribution in [0.3, 0.4) is 0 Å². The molecule has 7 nitrogen and oxygen atoms in total. The Kier molecular flexibility index (Phi) is 5.05. The zero-order valence-electron chi connectivity index (χ0n) is 15.4. The summed E-state index contributed by atoms with van der Waals surface area (Å²) < 4.78 is 11.0. The van der Waals surface area contributed by atoms with Gasteiger partial charge >= 0.3 is 0 Å². The Morgan fingerprint density at radius 3 is 2.54 bits per heavy atom. The van der Waals surface area contributed by atoms with E-state index in [1.54, 1.807) is 30.5 Å². The molecule has 7 heteroatoms. The number of benzene rings is 2. The number of aryl methyl sites for hydroxylation is 1. The molecule has 0 bridgehead atoms. The molecule has 2 heterocycles. The number of hydrogen-bond acceptors (Lipinski definition) is 6. The minimum Gasteiger partial charge on any atom is -0.486 e. The highest BCUT2D eigenvalue weighted by Gasteiger charge is 2.14. The van der Waals surface area contributed by atoms with Crippen LogP contribution < -0.4 is 20.1 Å². The van der Waals surface area contributed by atoms with Crippen LogP contribution in [0.2, 0.25) is 0 Å². The fourth-order valence-corrected chi connectivity index (χ4v) is 2.81. The second-order valence-corrected chi connectivity index (χ2v) is 6.25. The van der Waals surface area contributed by atoms with Gasteiger partial charge in [0.05, 0.1) is 0 Å². The third-order valence-electron chi connectivity index (χ3n) is 4.31. The van der Waals surface area contributed by atoms with Crippen molar-refractivity contribution < 1.29 is 14.3 Å². The number of aromatic nitrogens is 2. The van der Waals surface area contributed by atoms with E-state index in [9.17, 15) is 4.79 Å². The first-order valence-electron chi connectivity index (χ1n) is 9.11. The zero-order valence-corrected chi connectivity index (χ0v) is 15.4. The molecule has 2 aromatic carbocycles. The van der Waals surface area contributed by atoms with Crippen molar-refractivity contribution >= 4 is 23.2 Å². The molecule has 28 heavy (non-hydrogen) atoms. The van der Waals surface area contributed by atoms with Crippen LogP contribution in [0, 0.1) is 0 Å². The number of fused-ring (bicyclic) bond motifs is 1. The number of amides is 1. The number of carbonyl (C=O) groups is 1. The highest BCUT2D eigenvalue weighted by atomic mass is 16.6. The van der Waals surface area contributed by atoms with Crippen molar-refractivity contribution in [1.29, 1.82) is 0 Å². The summed E-state index contributed by atoms with van der Waals surface area (Å²) in [5.41, 5.74) is 2.98. The van der Waals surface area contributed by atoms with E-state index in [0.29, 0.717) is 36.3 Å². The van der Waals surface area contributed by atoms with E-state index in [1.807, 2.05) is 24.3 Å². The van der Waals surface area contributed by atoms with Gasteiger partial charge in [-0.15, -0.1) is 0 Å². The number of nitrogens with one attached hydrogen (secondary N) is 2. The lowest BCUT2D eigenvalue weighted by Crippen LogP contribution is -2.17. The molecule has 2 N–H and O–H groups in total. The van der Waals surface area contributed by atoms with Crippen molar-refractivity contribution in [2.75, 3.05) is 23.8 Å². The number of rotatable bonds is 5. The van der Waals surface area contributed by atoms with Crippen LogP contribution in [0.5, 0.6) is 11.5 Å². The van der Waals surface area contributed by atoms with Gasteiger partial charge in [-0.1, -0.05) is 19.1 Å². The SMILES string of the molecule is CCc1ccc(Nc2nccc(C(=O)Nc3ccc4c(c3)OCCO4)n2)cc1. The van der Waals surface area contributed by atoms with Gasteiger partial charge in [0.15, 0.2) is 11.5 Å². The zero-order chi connectivity index (χ0) is 19.3. The summed E-state index contributed by atoms with van der Waals surface area (Å²) in [5, 5.41) is 5.94. The van der Waals surface area contributed by atoms with Crippen molar-refractivity contribution in [3.63, 3.8) is 0 Å². The van der Waals surface area contributed by atoms with Crippen LogP contribution >= 0.6 is 0 Å². The van der Waals surface area contributed by atoms with Gasteiger partial charge < -0.3 is 20.1 Å². The molecular weight excluding hydrogens is 356 g/mol. The van der Waals surface area contributed by atoms with Crippen molar-refractivity contribution in [3.8, 4) is 11.5 Å². The Morgan fingerprint density at radius 2 is 1.75 bits per heavy atom. The van der Waals surface area contributed by atoms with Crippen LogP contribution in [-0.2, 0) is 6.42 Å². The minimum absolute atomic E-state index is 0.262. The first-order chi connectivity index (χ1) is 13.7. The lowest BCUT2D eigenvalue weighted by atomic mass is 10.1. The Labute approximate surface area is 162 Å². The fourth-order valence-electron chi connectivity index (χ4n) is 2.81. The summed E-state index contributed by atoms with van der Waals surface area (Å²) in [6.45, 7) is 3.12. The van der Waals surface area contributed by atoms with Gasteiger partial charge in [-0.25, -0.2) is 9.97 Å². The average Bonchev–Trinajstić information content (AvgIpc) is 2.74. The lowest BCUT2D eigenvalue weighted by Gasteiger charge is -2.19. The summed E-state index contributed by atoms with van der Waals surface area (Å²) >= 11 is 0. The van der Waals surface area contributed by atoms with Gasteiger partial charge in [0, 0.05) is 23.6 Å². The summed E-state index contributed by atoms with van der Waals surface area (Å²) in [7, 11) is 0. The molecule has 0 atom stereocenters. The maximum absolute atomic E-state index is 12.6. The summed E-state index contributed by atoms with van der Waals surface area (Å²) in [6, 6.07) is 14.9. The number of anilines is 3. The molecule has 0 radical (unpaired) electrons. The van der Waals surface area contributed by atoms with Gasteiger partial charge in [0.2, 0.25) is 5.95 Å². The first-order valence-corrected chi connectivity index (χ1v) is 9.11. The molecule has 142 valence electrons. The highest BCUT2D eigenvalue weighted by molar-refractivity contribution is 6.03. The van der Waals surface area contributed by atoms with E-state index < -0.39 is 0 Å². The molecule has 3 aromatic rings. The predicted octanol–water partition coefficient (Wildman–Crippen LogP) is 3.81. The molecule has 1 aliphatic rings. The molecular formula is C21H20N4O3. The summed E-state index contributed by atoms with van der Waals surface area (Å²) in [4.78, 5) is 21.1. The minimum atomic E-state index is -0.330. The third kappa shape index (κ3) is 4.03. The number of carbonyl (C=O) groups excluding carboxylic acids is 1. The molecule has 0 saturated carbocycles. The van der Waals surface area contributed by atoms with E-state index in [1.165, 1.54) is 5.56 Å². The summed E-state index contributed by atoms with van der Waals surface area (Å²) in [5.74, 6) is 1.32. The lowest BCUT2D eigenvalue weighted by molar-refractivity contribution is 0.102. The Hall–Kier alpha value is -3.61. The topological polar surface area (TPSA) is 85.4 Å². The molecule has 1 amide bonds. The maximum atomic E-state index is 12.6. The molecule has 4 rings (SSSR count). The number of nitrogens with zero attached hydrogens (tertiary/aromatic N) is 2. The van der Waals surface area contributed by atoms with Crippen molar-refractivity contribution in [2.24, 2.45) is 0 Å². The normalized spacial score (nSPS) is 12.3. The van der Waals surface area contributed by atoms with Crippen LogP contribution in [0.25, 0.3) is 0 Å². The smallest absolute Gasteiger partial charge is 0.274 e. The van der Waals surface area contributed by atoms with Gasteiger partial charge in [0.1, 0.15) is 18.9 Å². The standard InChI is InChI=1S/C21H20N4O3/c1-2-14-3-5-15(6-4-14)24-21-22-10-9-17(25-21)20(26)23-16-7-8-18-19(13-16)28-12-11-27-18/h3-10,13H,2,11-12H2,1H3,(H,23,26)(H,22,24,25). The molecule has 1 aliphatic heterocycles. The number of hydrogen-bond donors (Lipinski definition) is 2. The quantitative estimate of drug-likeness (QED) is 0.704. The van der Waals surface area contributed by atoms with Crippen LogP contribution in [0.1, 0.15) is 23.0 Å². The number of ether oxygens (including phenoxy) is 2. The van der Waals surface area contributed by atoms with Crippen LogP contribution in [0.15, 0.2) is 54.7 Å². The van der Waals surface area contributed by atoms with E-state index in [0.717, 1.165) is 12.1 Å². The molecule has 1 aromatic heterocycles. The molecule has 0 saturated heterocycles. The largest absolute Gasteiger partial charge is 0.486 e. The van der Waals surface area contributed by atoms with Gasteiger partial charge in [0.25, 0.3) is 5.91 Å².